The van der Waals surface area contributed by atoms with Gasteiger partial charge < -0.3 is 10.2 Å². The molecule has 1 aliphatic rings. The second kappa shape index (κ2) is 6.35. The van der Waals surface area contributed by atoms with E-state index in [0.29, 0.717) is 11.5 Å². The van der Waals surface area contributed by atoms with Gasteiger partial charge in [0, 0.05) is 31.2 Å². The molecular weight excluding hydrogens is 264 g/mol. The van der Waals surface area contributed by atoms with Crippen LogP contribution in [0.2, 0.25) is 0 Å². The number of anilines is 2. The zero-order chi connectivity index (χ0) is 14.5. The number of para-hydroxylation sites is 1. The average molecular weight is 282 g/mol. The molecule has 0 atom stereocenters. The van der Waals surface area contributed by atoms with Gasteiger partial charge in [-0.25, -0.2) is 9.97 Å². The van der Waals surface area contributed by atoms with Crippen LogP contribution in [0.15, 0.2) is 42.7 Å². The van der Waals surface area contributed by atoms with Crippen LogP contribution in [0.5, 0.6) is 0 Å². The number of rotatable bonds is 3. The summed E-state index contributed by atoms with van der Waals surface area (Å²) in [5.74, 6) is 0.525. The number of aromatic nitrogens is 2. The summed E-state index contributed by atoms with van der Waals surface area (Å²) in [6.45, 7) is 1.99. The van der Waals surface area contributed by atoms with Crippen molar-refractivity contribution in [2.24, 2.45) is 0 Å². The number of benzene rings is 1. The van der Waals surface area contributed by atoms with E-state index in [0.717, 1.165) is 18.8 Å². The molecule has 1 aliphatic heterocycles. The Kier molecular flexibility index (Phi) is 4.09. The molecule has 1 amide bonds. The lowest BCUT2D eigenvalue weighted by Crippen LogP contribution is -2.31. The first-order chi connectivity index (χ1) is 10.3. The van der Waals surface area contributed by atoms with E-state index in [-0.39, 0.29) is 5.91 Å². The monoisotopic (exact) mass is 282 g/mol. The Morgan fingerprint density at radius 3 is 2.33 bits per heavy atom. The lowest BCUT2D eigenvalue weighted by Gasteiger charge is -2.26. The van der Waals surface area contributed by atoms with Crippen LogP contribution in [0.3, 0.4) is 0 Å². The van der Waals surface area contributed by atoms with Gasteiger partial charge in [0.15, 0.2) is 0 Å². The van der Waals surface area contributed by atoms with Crippen molar-refractivity contribution < 1.29 is 4.79 Å². The Morgan fingerprint density at radius 2 is 1.67 bits per heavy atom. The fourth-order valence-electron chi connectivity index (χ4n) is 2.42. The maximum Gasteiger partial charge on any atom is 0.258 e. The first-order valence-electron chi connectivity index (χ1n) is 7.26. The quantitative estimate of drug-likeness (QED) is 0.940. The SMILES string of the molecule is O=C(Nc1ccccc1)c1cnc(N2CCCCC2)nc1. The zero-order valence-electron chi connectivity index (χ0n) is 11.8. The summed E-state index contributed by atoms with van der Waals surface area (Å²) in [4.78, 5) is 22.9. The summed E-state index contributed by atoms with van der Waals surface area (Å²) in [7, 11) is 0. The van der Waals surface area contributed by atoms with Gasteiger partial charge in [-0.05, 0) is 31.4 Å². The minimum absolute atomic E-state index is 0.189. The van der Waals surface area contributed by atoms with Crippen molar-refractivity contribution in [3.05, 3.63) is 48.3 Å². The van der Waals surface area contributed by atoms with Gasteiger partial charge in [-0.2, -0.15) is 0 Å². The average Bonchev–Trinajstić information content (AvgIpc) is 2.57. The molecule has 5 heteroatoms. The molecule has 1 fully saturated rings. The van der Waals surface area contributed by atoms with Crippen LogP contribution in [-0.2, 0) is 0 Å². The molecule has 2 heterocycles. The molecule has 0 radical (unpaired) electrons. The van der Waals surface area contributed by atoms with Gasteiger partial charge in [0.05, 0.1) is 5.56 Å². The highest BCUT2D eigenvalue weighted by atomic mass is 16.1. The van der Waals surface area contributed by atoms with Gasteiger partial charge in [0.2, 0.25) is 5.95 Å². The largest absolute Gasteiger partial charge is 0.341 e. The standard InChI is InChI=1S/C16H18N4O/c21-15(19-14-7-3-1-4-8-14)13-11-17-16(18-12-13)20-9-5-2-6-10-20/h1,3-4,7-8,11-12H,2,5-6,9-10H2,(H,19,21). The van der Waals surface area contributed by atoms with Gasteiger partial charge in [0.1, 0.15) is 0 Å². The topological polar surface area (TPSA) is 58.1 Å². The molecule has 5 nitrogen and oxygen atoms in total. The molecule has 0 bridgehead atoms. The number of nitrogens with one attached hydrogen (secondary N) is 1. The highest BCUT2D eigenvalue weighted by Crippen LogP contribution is 2.15. The third kappa shape index (κ3) is 3.37. The second-order valence-corrected chi connectivity index (χ2v) is 5.14. The minimum atomic E-state index is -0.189. The van der Waals surface area contributed by atoms with Crippen molar-refractivity contribution in [1.82, 2.24) is 9.97 Å². The van der Waals surface area contributed by atoms with E-state index < -0.39 is 0 Å². The molecule has 1 aromatic heterocycles. The molecule has 0 saturated carbocycles. The molecule has 21 heavy (non-hydrogen) atoms. The molecule has 3 rings (SSSR count). The minimum Gasteiger partial charge on any atom is -0.341 e. The van der Waals surface area contributed by atoms with Crippen LogP contribution in [0.1, 0.15) is 29.6 Å². The van der Waals surface area contributed by atoms with Crippen molar-refractivity contribution in [2.75, 3.05) is 23.3 Å². The molecule has 0 aliphatic carbocycles. The smallest absolute Gasteiger partial charge is 0.258 e. The Hall–Kier alpha value is -2.43. The van der Waals surface area contributed by atoms with Crippen molar-refractivity contribution in [3.8, 4) is 0 Å². The number of piperidine rings is 1. The third-order valence-electron chi connectivity index (χ3n) is 3.57. The van der Waals surface area contributed by atoms with E-state index >= 15 is 0 Å². The maximum atomic E-state index is 12.1. The van der Waals surface area contributed by atoms with E-state index in [9.17, 15) is 4.79 Å². The summed E-state index contributed by atoms with van der Waals surface area (Å²) < 4.78 is 0. The third-order valence-corrected chi connectivity index (χ3v) is 3.57. The number of nitrogens with zero attached hydrogens (tertiary/aromatic N) is 3. The predicted octanol–water partition coefficient (Wildman–Crippen LogP) is 2.72. The van der Waals surface area contributed by atoms with E-state index in [1.165, 1.54) is 19.3 Å². The van der Waals surface area contributed by atoms with Crippen LogP contribution in [-0.4, -0.2) is 29.0 Å². The molecule has 2 aromatic rings. The molecule has 1 aromatic carbocycles. The molecular formula is C16H18N4O. The van der Waals surface area contributed by atoms with E-state index in [2.05, 4.69) is 20.2 Å². The summed E-state index contributed by atoms with van der Waals surface area (Å²) in [5.41, 5.74) is 1.24. The van der Waals surface area contributed by atoms with Gasteiger partial charge in [0.25, 0.3) is 5.91 Å². The highest BCUT2D eigenvalue weighted by Gasteiger charge is 2.14. The van der Waals surface area contributed by atoms with Crippen LogP contribution in [0.25, 0.3) is 0 Å². The molecule has 108 valence electrons. The fourth-order valence-corrected chi connectivity index (χ4v) is 2.42. The van der Waals surface area contributed by atoms with Crippen LogP contribution in [0, 0.1) is 0 Å². The number of hydrogen-bond donors (Lipinski definition) is 1. The molecule has 1 N–H and O–H groups in total. The molecule has 0 spiro atoms. The van der Waals surface area contributed by atoms with Crippen LogP contribution >= 0.6 is 0 Å². The van der Waals surface area contributed by atoms with Gasteiger partial charge in [-0.3, -0.25) is 4.79 Å². The molecule has 0 unspecified atom stereocenters. The normalized spacial score (nSPS) is 14.8. The lowest BCUT2D eigenvalue weighted by molar-refractivity contribution is 0.102. The Labute approximate surface area is 124 Å². The highest BCUT2D eigenvalue weighted by molar-refractivity contribution is 6.03. The first kappa shape index (κ1) is 13.5. The number of carbonyl (C=O) groups is 1. The maximum absolute atomic E-state index is 12.1. The summed E-state index contributed by atoms with van der Waals surface area (Å²) in [6.07, 6.45) is 6.82. The number of amides is 1. The van der Waals surface area contributed by atoms with Gasteiger partial charge >= 0.3 is 0 Å². The van der Waals surface area contributed by atoms with E-state index in [1.54, 1.807) is 12.4 Å². The molecule has 1 saturated heterocycles. The second-order valence-electron chi connectivity index (χ2n) is 5.14. The predicted molar refractivity (Wildman–Crippen MR) is 82.5 cm³/mol. The fraction of sp³-hybridized carbons (Fsp3) is 0.312. The number of hydrogen-bond acceptors (Lipinski definition) is 4. The van der Waals surface area contributed by atoms with Crippen molar-refractivity contribution in [1.29, 1.82) is 0 Å². The van der Waals surface area contributed by atoms with E-state index in [1.807, 2.05) is 30.3 Å². The Balaban J connectivity index is 1.67. The summed E-state index contributed by atoms with van der Waals surface area (Å²) in [6, 6.07) is 9.37. The van der Waals surface area contributed by atoms with Gasteiger partial charge in [-0.1, -0.05) is 18.2 Å². The lowest BCUT2D eigenvalue weighted by atomic mass is 10.1. The zero-order valence-corrected chi connectivity index (χ0v) is 11.8. The van der Waals surface area contributed by atoms with Crippen molar-refractivity contribution >= 4 is 17.5 Å². The van der Waals surface area contributed by atoms with Crippen molar-refractivity contribution in [3.63, 3.8) is 0 Å². The van der Waals surface area contributed by atoms with Crippen LogP contribution < -0.4 is 10.2 Å². The number of carbonyl (C=O) groups excluding carboxylic acids is 1. The summed E-state index contributed by atoms with van der Waals surface area (Å²) in [5, 5.41) is 2.82. The van der Waals surface area contributed by atoms with Crippen molar-refractivity contribution in [2.45, 2.75) is 19.3 Å². The van der Waals surface area contributed by atoms with Crippen LogP contribution in [0.4, 0.5) is 11.6 Å². The Bertz CT molecular complexity index is 591. The van der Waals surface area contributed by atoms with Gasteiger partial charge in [-0.15, -0.1) is 0 Å². The summed E-state index contributed by atoms with van der Waals surface area (Å²) >= 11 is 0. The first-order valence-corrected chi connectivity index (χ1v) is 7.26. The Morgan fingerprint density at radius 1 is 1.00 bits per heavy atom. The van der Waals surface area contributed by atoms with E-state index in [4.69, 9.17) is 0 Å².